The fourth-order valence-electron chi connectivity index (χ4n) is 2.29. The van der Waals surface area contributed by atoms with Gasteiger partial charge in [0, 0.05) is 18.2 Å². The second kappa shape index (κ2) is 7.98. The summed E-state index contributed by atoms with van der Waals surface area (Å²) < 4.78 is 0. The van der Waals surface area contributed by atoms with Crippen LogP contribution in [0.15, 0.2) is 0 Å². The van der Waals surface area contributed by atoms with E-state index in [1.807, 2.05) is 11.8 Å². The number of hydrogen-bond donors (Lipinski definition) is 2. The van der Waals surface area contributed by atoms with E-state index in [2.05, 4.69) is 19.2 Å². The number of nitrogens with two attached hydrogens (primary N) is 1. The van der Waals surface area contributed by atoms with Crippen molar-refractivity contribution in [3.05, 3.63) is 0 Å². The quantitative estimate of drug-likeness (QED) is 0.734. The molecule has 0 aromatic rings. The van der Waals surface area contributed by atoms with Crippen LogP contribution in [0.1, 0.15) is 39.5 Å². The number of carbonyl (C=O) groups is 1. The molecule has 1 aliphatic heterocycles. The number of amides is 1. The minimum atomic E-state index is 0.222. The highest BCUT2D eigenvalue weighted by Crippen LogP contribution is 2.21. The third kappa shape index (κ3) is 5.77. The van der Waals surface area contributed by atoms with Crippen molar-refractivity contribution in [3.8, 4) is 0 Å². The van der Waals surface area contributed by atoms with E-state index in [-0.39, 0.29) is 5.91 Å². The Morgan fingerprint density at radius 2 is 2.24 bits per heavy atom. The van der Waals surface area contributed by atoms with E-state index in [0.717, 1.165) is 31.6 Å². The predicted molar refractivity (Wildman–Crippen MR) is 75.1 cm³/mol. The van der Waals surface area contributed by atoms with Crippen LogP contribution in [0.5, 0.6) is 0 Å². The second-order valence-electron chi connectivity index (χ2n) is 5.25. The molecule has 2 unspecified atom stereocenters. The number of nitrogens with one attached hydrogen (secondary N) is 1. The minimum absolute atomic E-state index is 0.222. The average molecular weight is 258 g/mol. The standard InChI is InChI=1S/C13H26N2OS/c1-10(2)11(5-7-14)3-4-13(16)15-12-6-8-17-9-12/h10-12H,3-9,14H2,1-2H3,(H,15,16). The van der Waals surface area contributed by atoms with Gasteiger partial charge in [-0.15, -0.1) is 0 Å². The maximum absolute atomic E-state index is 11.8. The van der Waals surface area contributed by atoms with Crippen LogP contribution in [0.25, 0.3) is 0 Å². The summed E-state index contributed by atoms with van der Waals surface area (Å²) in [6.07, 6.45) is 3.79. The van der Waals surface area contributed by atoms with Gasteiger partial charge in [-0.25, -0.2) is 0 Å². The van der Waals surface area contributed by atoms with E-state index in [1.165, 1.54) is 5.75 Å². The van der Waals surface area contributed by atoms with Crippen LogP contribution in [0.3, 0.4) is 0 Å². The molecular weight excluding hydrogens is 232 g/mol. The van der Waals surface area contributed by atoms with Gasteiger partial charge in [-0.2, -0.15) is 11.8 Å². The van der Waals surface area contributed by atoms with E-state index in [9.17, 15) is 4.79 Å². The van der Waals surface area contributed by atoms with E-state index in [0.29, 0.717) is 24.3 Å². The van der Waals surface area contributed by atoms with Gasteiger partial charge in [-0.1, -0.05) is 13.8 Å². The minimum Gasteiger partial charge on any atom is -0.353 e. The zero-order chi connectivity index (χ0) is 12.7. The highest BCUT2D eigenvalue weighted by Gasteiger charge is 2.19. The molecule has 2 atom stereocenters. The highest BCUT2D eigenvalue weighted by molar-refractivity contribution is 7.99. The molecule has 0 radical (unpaired) electrons. The molecule has 0 aliphatic carbocycles. The molecular formula is C13H26N2OS. The summed E-state index contributed by atoms with van der Waals surface area (Å²) in [6.45, 7) is 5.15. The molecule has 1 heterocycles. The van der Waals surface area contributed by atoms with Crippen LogP contribution in [-0.4, -0.2) is 30.0 Å². The smallest absolute Gasteiger partial charge is 0.220 e. The van der Waals surface area contributed by atoms with Crippen LogP contribution in [0.4, 0.5) is 0 Å². The first-order valence-electron chi connectivity index (χ1n) is 6.70. The molecule has 3 N–H and O–H groups in total. The Bertz CT molecular complexity index is 227. The lowest BCUT2D eigenvalue weighted by Gasteiger charge is -2.20. The van der Waals surface area contributed by atoms with Crippen molar-refractivity contribution in [1.82, 2.24) is 5.32 Å². The molecule has 3 nitrogen and oxygen atoms in total. The van der Waals surface area contributed by atoms with Gasteiger partial charge in [0.05, 0.1) is 0 Å². The molecule has 1 aliphatic rings. The van der Waals surface area contributed by atoms with Gasteiger partial charge in [0.2, 0.25) is 5.91 Å². The summed E-state index contributed by atoms with van der Waals surface area (Å²) in [6, 6.07) is 0.416. The molecule has 4 heteroatoms. The van der Waals surface area contributed by atoms with Crippen molar-refractivity contribution in [2.24, 2.45) is 17.6 Å². The molecule has 1 saturated heterocycles. The molecule has 1 rings (SSSR count). The Morgan fingerprint density at radius 3 is 2.76 bits per heavy atom. The van der Waals surface area contributed by atoms with Crippen LogP contribution in [-0.2, 0) is 4.79 Å². The summed E-state index contributed by atoms with van der Waals surface area (Å²) in [7, 11) is 0. The van der Waals surface area contributed by atoms with E-state index in [1.54, 1.807) is 0 Å². The van der Waals surface area contributed by atoms with Gasteiger partial charge in [-0.05, 0) is 43.4 Å². The summed E-state index contributed by atoms with van der Waals surface area (Å²) in [4.78, 5) is 11.8. The lowest BCUT2D eigenvalue weighted by atomic mass is 9.88. The third-order valence-electron chi connectivity index (χ3n) is 3.52. The normalized spacial score (nSPS) is 21.8. The fraction of sp³-hybridized carbons (Fsp3) is 0.923. The first-order valence-corrected chi connectivity index (χ1v) is 7.86. The van der Waals surface area contributed by atoms with Crippen LogP contribution in [0.2, 0.25) is 0 Å². The van der Waals surface area contributed by atoms with E-state index < -0.39 is 0 Å². The SMILES string of the molecule is CC(C)C(CCN)CCC(=O)NC1CCSC1. The van der Waals surface area contributed by atoms with E-state index >= 15 is 0 Å². The summed E-state index contributed by atoms with van der Waals surface area (Å²) in [5.41, 5.74) is 5.60. The Morgan fingerprint density at radius 1 is 1.47 bits per heavy atom. The zero-order valence-electron chi connectivity index (χ0n) is 11.1. The Labute approximate surface area is 109 Å². The number of rotatable bonds is 7. The average Bonchev–Trinajstić information content (AvgIpc) is 2.76. The highest BCUT2D eigenvalue weighted by atomic mass is 32.2. The summed E-state index contributed by atoms with van der Waals surface area (Å²) >= 11 is 1.93. The predicted octanol–water partition coefficient (Wildman–Crippen LogP) is 2.01. The van der Waals surface area contributed by atoms with Crippen molar-refractivity contribution in [2.45, 2.75) is 45.6 Å². The van der Waals surface area contributed by atoms with Crippen molar-refractivity contribution in [1.29, 1.82) is 0 Å². The molecule has 0 aromatic carbocycles. The van der Waals surface area contributed by atoms with Crippen molar-refractivity contribution >= 4 is 17.7 Å². The lowest BCUT2D eigenvalue weighted by molar-refractivity contribution is -0.122. The first-order chi connectivity index (χ1) is 8.13. The Hall–Kier alpha value is -0.220. The van der Waals surface area contributed by atoms with E-state index in [4.69, 9.17) is 5.73 Å². The zero-order valence-corrected chi connectivity index (χ0v) is 11.9. The Kier molecular flexibility index (Phi) is 6.97. The molecule has 0 spiro atoms. The molecule has 1 amide bonds. The largest absolute Gasteiger partial charge is 0.353 e. The number of thioether (sulfide) groups is 1. The van der Waals surface area contributed by atoms with Gasteiger partial charge < -0.3 is 11.1 Å². The summed E-state index contributed by atoms with van der Waals surface area (Å²) in [5.74, 6) is 3.70. The maximum atomic E-state index is 11.8. The Balaban J connectivity index is 2.20. The topological polar surface area (TPSA) is 55.1 Å². The molecule has 0 bridgehead atoms. The number of hydrogen-bond acceptors (Lipinski definition) is 3. The lowest BCUT2D eigenvalue weighted by Crippen LogP contribution is -2.34. The fourth-order valence-corrected chi connectivity index (χ4v) is 3.44. The molecule has 100 valence electrons. The number of carbonyl (C=O) groups excluding carboxylic acids is 1. The van der Waals surface area contributed by atoms with Crippen LogP contribution >= 0.6 is 11.8 Å². The third-order valence-corrected chi connectivity index (χ3v) is 4.68. The van der Waals surface area contributed by atoms with Crippen LogP contribution < -0.4 is 11.1 Å². The van der Waals surface area contributed by atoms with Gasteiger partial charge >= 0.3 is 0 Å². The van der Waals surface area contributed by atoms with Crippen molar-refractivity contribution in [3.63, 3.8) is 0 Å². The van der Waals surface area contributed by atoms with Crippen molar-refractivity contribution in [2.75, 3.05) is 18.1 Å². The first kappa shape index (κ1) is 14.8. The maximum Gasteiger partial charge on any atom is 0.220 e. The molecule has 0 saturated carbocycles. The van der Waals surface area contributed by atoms with Gasteiger partial charge in [0.15, 0.2) is 0 Å². The molecule has 17 heavy (non-hydrogen) atoms. The van der Waals surface area contributed by atoms with Crippen molar-refractivity contribution < 1.29 is 4.79 Å². The molecule has 0 aromatic heterocycles. The van der Waals surface area contributed by atoms with Gasteiger partial charge in [-0.3, -0.25) is 4.79 Å². The van der Waals surface area contributed by atoms with Crippen LogP contribution in [0, 0.1) is 11.8 Å². The van der Waals surface area contributed by atoms with Gasteiger partial charge in [0.25, 0.3) is 0 Å². The van der Waals surface area contributed by atoms with Gasteiger partial charge in [0.1, 0.15) is 0 Å². The summed E-state index contributed by atoms with van der Waals surface area (Å²) in [5, 5.41) is 3.12. The molecule has 1 fully saturated rings. The monoisotopic (exact) mass is 258 g/mol. The second-order valence-corrected chi connectivity index (χ2v) is 6.40.